The van der Waals surface area contributed by atoms with Crippen LogP contribution in [0, 0.1) is 5.82 Å². The van der Waals surface area contributed by atoms with Gasteiger partial charge in [-0.15, -0.1) is 0 Å². The molecular formula is C17H17FN4O3. The number of hydrogen-bond donors (Lipinski definition) is 0. The molecule has 0 aliphatic rings. The molecule has 0 aliphatic heterocycles. The van der Waals surface area contributed by atoms with Crippen molar-refractivity contribution >= 4 is 17.0 Å². The third-order valence-corrected chi connectivity index (χ3v) is 4.00. The molecule has 3 aromatic rings. The molecule has 0 spiro atoms. The van der Waals surface area contributed by atoms with Gasteiger partial charge in [-0.05, 0) is 38.1 Å². The van der Waals surface area contributed by atoms with Crippen molar-refractivity contribution in [3.63, 3.8) is 0 Å². The van der Waals surface area contributed by atoms with Crippen molar-refractivity contribution in [2.75, 3.05) is 13.1 Å². The highest BCUT2D eigenvalue weighted by atomic mass is 19.1. The molecule has 130 valence electrons. The van der Waals surface area contributed by atoms with Gasteiger partial charge in [0, 0.05) is 18.7 Å². The van der Waals surface area contributed by atoms with Crippen molar-refractivity contribution in [2.24, 2.45) is 0 Å². The van der Waals surface area contributed by atoms with Gasteiger partial charge in [0.25, 0.3) is 11.3 Å². The second-order valence-electron chi connectivity index (χ2n) is 5.46. The Morgan fingerprint density at radius 1 is 1.24 bits per heavy atom. The highest BCUT2D eigenvalue weighted by Gasteiger charge is 2.19. The molecule has 0 N–H and O–H groups in total. The summed E-state index contributed by atoms with van der Waals surface area (Å²) < 4.78 is 19.4. The second-order valence-corrected chi connectivity index (χ2v) is 5.46. The normalized spacial score (nSPS) is 11.0. The molecule has 2 aromatic heterocycles. The van der Waals surface area contributed by atoms with Crippen molar-refractivity contribution in [1.29, 1.82) is 0 Å². The smallest absolute Gasteiger partial charge is 0.267 e. The van der Waals surface area contributed by atoms with Crippen LogP contribution in [0.3, 0.4) is 0 Å². The number of carbonyl (C=O) groups excluding carboxylic acids is 1. The van der Waals surface area contributed by atoms with E-state index in [1.165, 1.54) is 35.2 Å². The van der Waals surface area contributed by atoms with Crippen molar-refractivity contribution < 1.29 is 13.7 Å². The minimum absolute atomic E-state index is 0.0795. The Kier molecular flexibility index (Phi) is 4.60. The molecule has 0 radical (unpaired) electrons. The Morgan fingerprint density at radius 3 is 2.56 bits per heavy atom. The van der Waals surface area contributed by atoms with Crippen LogP contribution in [0.25, 0.3) is 22.4 Å². The zero-order chi connectivity index (χ0) is 18.0. The number of hydrogen-bond acceptors (Lipinski definition) is 5. The van der Waals surface area contributed by atoms with E-state index in [1.54, 1.807) is 4.90 Å². The Morgan fingerprint density at radius 2 is 1.92 bits per heavy atom. The molecule has 3 rings (SSSR count). The van der Waals surface area contributed by atoms with E-state index in [-0.39, 0.29) is 29.2 Å². The van der Waals surface area contributed by atoms with E-state index < -0.39 is 11.4 Å². The largest absolute Gasteiger partial charge is 0.342 e. The second kappa shape index (κ2) is 6.84. The first-order valence-electron chi connectivity index (χ1n) is 7.93. The molecule has 8 heteroatoms. The molecule has 1 amide bonds. The summed E-state index contributed by atoms with van der Waals surface area (Å²) >= 11 is 0. The summed E-state index contributed by atoms with van der Waals surface area (Å²) in [7, 11) is 0. The van der Waals surface area contributed by atoms with Crippen molar-refractivity contribution in [2.45, 2.75) is 20.4 Å². The van der Waals surface area contributed by atoms with Crippen molar-refractivity contribution in [3.8, 4) is 11.3 Å². The fourth-order valence-electron chi connectivity index (χ4n) is 2.62. The number of benzene rings is 1. The average Bonchev–Trinajstić information content (AvgIpc) is 3.04. The molecule has 7 nitrogen and oxygen atoms in total. The molecule has 0 aliphatic carbocycles. The lowest BCUT2D eigenvalue weighted by atomic mass is 10.1. The molecule has 0 unspecified atom stereocenters. The van der Waals surface area contributed by atoms with Crippen LogP contribution in [0.2, 0.25) is 0 Å². The molecule has 25 heavy (non-hydrogen) atoms. The predicted molar refractivity (Wildman–Crippen MR) is 89.4 cm³/mol. The van der Waals surface area contributed by atoms with Crippen LogP contribution in [0.1, 0.15) is 13.8 Å². The fraction of sp³-hybridized carbons (Fsp3) is 0.294. The summed E-state index contributed by atoms with van der Waals surface area (Å²) in [4.78, 5) is 30.7. The lowest BCUT2D eigenvalue weighted by Gasteiger charge is -2.18. The van der Waals surface area contributed by atoms with E-state index >= 15 is 0 Å². The average molecular weight is 344 g/mol. The van der Waals surface area contributed by atoms with Crippen LogP contribution >= 0.6 is 0 Å². The number of nitrogens with zero attached hydrogens (tertiary/aromatic N) is 4. The number of aromatic nitrogens is 3. The van der Waals surface area contributed by atoms with Crippen molar-refractivity contribution in [1.82, 2.24) is 19.6 Å². The highest BCUT2D eigenvalue weighted by molar-refractivity contribution is 5.88. The van der Waals surface area contributed by atoms with Gasteiger partial charge in [0.15, 0.2) is 0 Å². The number of halogens is 1. The number of carbonyl (C=O) groups is 1. The van der Waals surface area contributed by atoms with Crippen LogP contribution in [-0.2, 0) is 11.3 Å². The Hall–Kier alpha value is -3.03. The summed E-state index contributed by atoms with van der Waals surface area (Å²) in [6, 6.07) is 5.55. The maximum atomic E-state index is 13.1. The SMILES string of the molecule is CCN(CC)C(=O)Cn1cnc2onc(-c3ccc(F)cc3)c2c1=O. The third kappa shape index (κ3) is 3.15. The molecule has 2 heterocycles. The minimum Gasteiger partial charge on any atom is -0.342 e. The van der Waals surface area contributed by atoms with Gasteiger partial charge in [0.05, 0.1) is 0 Å². The summed E-state index contributed by atoms with van der Waals surface area (Å²) in [5.74, 6) is -0.565. The Labute approximate surface area is 142 Å². The summed E-state index contributed by atoms with van der Waals surface area (Å²) in [6.07, 6.45) is 1.27. The van der Waals surface area contributed by atoms with E-state index in [9.17, 15) is 14.0 Å². The zero-order valence-electron chi connectivity index (χ0n) is 13.9. The fourth-order valence-corrected chi connectivity index (χ4v) is 2.62. The van der Waals surface area contributed by atoms with Gasteiger partial charge in [0.2, 0.25) is 5.91 Å². The van der Waals surface area contributed by atoms with Crippen LogP contribution < -0.4 is 5.56 Å². The van der Waals surface area contributed by atoms with E-state index in [0.717, 1.165) is 0 Å². The quantitative estimate of drug-likeness (QED) is 0.708. The van der Waals surface area contributed by atoms with E-state index in [2.05, 4.69) is 10.1 Å². The van der Waals surface area contributed by atoms with Gasteiger partial charge in [-0.1, -0.05) is 5.16 Å². The molecule has 0 saturated carbocycles. The predicted octanol–water partition coefficient (Wildman–Crippen LogP) is 2.06. The molecule has 0 bridgehead atoms. The first-order valence-corrected chi connectivity index (χ1v) is 7.93. The Bertz CT molecular complexity index is 958. The molecular weight excluding hydrogens is 327 g/mol. The van der Waals surface area contributed by atoms with Gasteiger partial charge in [-0.3, -0.25) is 14.2 Å². The Balaban J connectivity index is 2.04. The number of fused-ring (bicyclic) bond motifs is 1. The van der Waals surface area contributed by atoms with Gasteiger partial charge in [0.1, 0.15) is 29.8 Å². The molecule has 0 atom stereocenters. The topological polar surface area (TPSA) is 81.2 Å². The van der Waals surface area contributed by atoms with E-state index in [0.29, 0.717) is 18.7 Å². The van der Waals surface area contributed by atoms with Crippen molar-refractivity contribution in [3.05, 3.63) is 46.8 Å². The number of amides is 1. The van der Waals surface area contributed by atoms with Crippen LogP contribution in [0.4, 0.5) is 4.39 Å². The molecule has 1 aromatic carbocycles. The minimum atomic E-state index is -0.425. The van der Waals surface area contributed by atoms with Gasteiger partial charge >= 0.3 is 0 Å². The van der Waals surface area contributed by atoms with Gasteiger partial charge in [-0.2, -0.15) is 0 Å². The molecule has 0 fully saturated rings. The first-order chi connectivity index (χ1) is 12.0. The van der Waals surface area contributed by atoms with Crippen LogP contribution in [0.5, 0.6) is 0 Å². The van der Waals surface area contributed by atoms with E-state index in [1.807, 2.05) is 13.8 Å². The van der Waals surface area contributed by atoms with E-state index in [4.69, 9.17) is 4.52 Å². The maximum absolute atomic E-state index is 13.1. The maximum Gasteiger partial charge on any atom is 0.267 e. The summed E-state index contributed by atoms with van der Waals surface area (Å²) in [5, 5.41) is 4.04. The monoisotopic (exact) mass is 344 g/mol. The van der Waals surface area contributed by atoms with Gasteiger partial charge in [-0.25, -0.2) is 9.37 Å². The lowest BCUT2D eigenvalue weighted by molar-refractivity contribution is -0.131. The van der Waals surface area contributed by atoms with Crippen LogP contribution in [0.15, 0.2) is 39.9 Å². The third-order valence-electron chi connectivity index (χ3n) is 4.00. The first kappa shape index (κ1) is 16.8. The zero-order valence-corrected chi connectivity index (χ0v) is 13.9. The highest BCUT2D eigenvalue weighted by Crippen LogP contribution is 2.24. The lowest BCUT2D eigenvalue weighted by Crippen LogP contribution is -2.36. The summed E-state index contributed by atoms with van der Waals surface area (Å²) in [5.41, 5.74) is 0.464. The standard InChI is InChI=1S/C17H17FN4O3/c1-3-21(4-2)13(23)9-22-10-19-16-14(17(22)24)15(20-25-16)11-5-7-12(18)8-6-11/h5-8,10H,3-4,9H2,1-2H3. The van der Waals surface area contributed by atoms with Crippen LogP contribution in [-0.4, -0.2) is 38.6 Å². The van der Waals surface area contributed by atoms with Gasteiger partial charge < -0.3 is 9.42 Å². The molecule has 0 saturated heterocycles. The number of rotatable bonds is 5. The number of likely N-dealkylation sites (N-methyl/N-ethyl adjacent to an activating group) is 1. The summed E-state index contributed by atoms with van der Waals surface area (Å²) in [6.45, 7) is 4.76.